The zero-order chi connectivity index (χ0) is 18.0. The number of hydrogen-bond acceptors (Lipinski definition) is 3. The van der Waals surface area contributed by atoms with Gasteiger partial charge in [0.25, 0.3) is 0 Å². The molecule has 26 heavy (non-hydrogen) atoms. The highest BCUT2D eigenvalue weighted by Gasteiger charge is 2.29. The standard InChI is InChI=1S/C22H25N3O/c1-22(2)12-20-11-19(7-8-21(20)26-22)14-24-13-17-3-5-18(6-4-17)15-25-10-9-23-16-25/h3-11,16,24H,12-15H2,1-2H3. The van der Waals surface area contributed by atoms with Gasteiger partial charge in [0.1, 0.15) is 11.4 Å². The van der Waals surface area contributed by atoms with Crippen LogP contribution in [0.1, 0.15) is 36.1 Å². The molecule has 0 fully saturated rings. The number of nitrogens with zero attached hydrogens (tertiary/aromatic N) is 2. The third kappa shape index (κ3) is 3.97. The lowest BCUT2D eigenvalue weighted by Gasteiger charge is -2.16. The van der Waals surface area contributed by atoms with Crippen molar-refractivity contribution in [2.75, 3.05) is 0 Å². The fourth-order valence-electron chi connectivity index (χ4n) is 3.48. The second-order valence-corrected chi connectivity index (χ2v) is 7.64. The van der Waals surface area contributed by atoms with Gasteiger partial charge in [-0.3, -0.25) is 0 Å². The Morgan fingerprint density at radius 2 is 1.77 bits per heavy atom. The molecule has 4 heteroatoms. The van der Waals surface area contributed by atoms with Gasteiger partial charge in [-0.1, -0.05) is 36.4 Å². The van der Waals surface area contributed by atoms with Crippen LogP contribution in [0, 0.1) is 0 Å². The number of hydrogen-bond donors (Lipinski definition) is 1. The molecule has 0 saturated carbocycles. The van der Waals surface area contributed by atoms with Gasteiger partial charge in [-0.15, -0.1) is 0 Å². The van der Waals surface area contributed by atoms with E-state index in [4.69, 9.17) is 4.74 Å². The predicted molar refractivity (Wildman–Crippen MR) is 103 cm³/mol. The fraction of sp³-hybridized carbons (Fsp3) is 0.318. The molecule has 0 bridgehead atoms. The molecule has 4 nitrogen and oxygen atoms in total. The van der Waals surface area contributed by atoms with Gasteiger partial charge in [-0.2, -0.15) is 0 Å². The molecule has 2 heterocycles. The van der Waals surface area contributed by atoms with Crippen molar-refractivity contribution in [3.05, 3.63) is 83.4 Å². The van der Waals surface area contributed by atoms with Crippen molar-refractivity contribution >= 4 is 0 Å². The first kappa shape index (κ1) is 16.9. The molecular weight excluding hydrogens is 322 g/mol. The highest BCUT2D eigenvalue weighted by molar-refractivity contribution is 5.41. The Balaban J connectivity index is 1.30. The molecule has 4 rings (SSSR count). The van der Waals surface area contributed by atoms with Crippen LogP contribution in [-0.2, 0) is 26.1 Å². The molecule has 1 N–H and O–H groups in total. The highest BCUT2D eigenvalue weighted by atomic mass is 16.5. The molecule has 1 aromatic heterocycles. The largest absolute Gasteiger partial charge is 0.487 e. The molecule has 3 aromatic rings. The van der Waals surface area contributed by atoms with Crippen molar-refractivity contribution in [3.8, 4) is 5.75 Å². The van der Waals surface area contributed by atoms with E-state index in [2.05, 4.69) is 71.2 Å². The first-order valence-corrected chi connectivity index (χ1v) is 9.12. The van der Waals surface area contributed by atoms with Gasteiger partial charge in [0.05, 0.1) is 6.33 Å². The first-order chi connectivity index (χ1) is 12.6. The van der Waals surface area contributed by atoms with E-state index in [-0.39, 0.29) is 5.60 Å². The Labute approximate surface area is 154 Å². The van der Waals surface area contributed by atoms with Gasteiger partial charge < -0.3 is 14.6 Å². The summed E-state index contributed by atoms with van der Waals surface area (Å²) in [5, 5.41) is 3.54. The maximum absolute atomic E-state index is 5.95. The summed E-state index contributed by atoms with van der Waals surface area (Å²) in [6.07, 6.45) is 6.62. The van der Waals surface area contributed by atoms with Gasteiger partial charge in [-0.25, -0.2) is 4.98 Å². The van der Waals surface area contributed by atoms with Crippen LogP contribution in [0.25, 0.3) is 0 Å². The second kappa shape index (κ2) is 6.96. The number of fused-ring (bicyclic) bond motifs is 1. The van der Waals surface area contributed by atoms with E-state index in [1.807, 2.05) is 18.7 Å². The molecule has 0 aliphatic carbocycles. The van der Waals surface area contributed by atoms with Gasteiger partial charge in [-0.05, 0) is 42.2 Å². The minimum absolute atomic E-state index is 0.0765. The summed E-state index contributed by atoms with van der Waals surface area (Å²) in [6, 6.07) is 15.3. The number of ether oxygens (including phenoxy) is 1. The summed E-state index contributed by atoms with van der Waals surface area (Å²) in [4.78, 5) is 4.08. The van der Waals surface area contributed by atoms with E-state index in [1.165, 1.54) is 22.3 Å². The van der Waals surface area contributed by atoms with Gasteiger partial charge in [0.15, 0.2) is 0 Å². The van der Waals surface area contributed by atoms with Crippen molar-refractivity contribution in [2.24, 2.45) is 0 Å². The molecule has 0 amide bonds. The monoisotopic (exact) mass is 347 g/mol. The second-order valence-electron chi connectivity index (χ2n) is 7.64. The molecule has 0 saturated heterocycles. The fourth-order valence-corrected chi connectivity index (χ4v) is 3.48. The summed E-state index contributed by atoms with van der Waals surface area (Å²) >= 11 is 0. The number of nitrogens with one attached hydrogen (secondary N) is 1. The Hall–Kier alpha value is -2.59. The van der Waals surface area contributed by atoms with E-state index < -0.39 is 0 Å². The number of imidazole rings is 1. The predicted octanol–water partition coefficient (Wildman–Crippen LogP) is 3.93. The van der Waals surface area contributed by atoms with Gasteiger partial charge in [0.2, 0.25) is 0 Å². The molecule has 0 atom stereocenters. The zero-order valence-corrected chi connectivity index (χ0v) is 15.4. The Bertz CT molecular complexity index is 867. The number of aromatic nitrogens is 2. The molecular formula is C22H25N3O. The van der Waals surface area contributed by atoms with Crippen LogP contribution in [0.3, 0.4) is 0 Å². The maximum atomic E-state index is 5.95. The quantitative estimate of drug-likeness (QED) is 0.734. The van der Waals surface area contributed by atoms with Crippen LogP contribution < -0.4 is 10.1 Å². The van der Waals surface area contributed by atoms with Gasteiger partial charge in [0, 0.05) is 38.4 Å². The molecule has 1 aliphatic heterocycles. The first-order valence-electron chi connectivity index (χ1n) is 9.12. The summed E-state index contributed by atoms with van der Waals surface area (Å²) in [5.41, 5.74) is 5.13. The average molecular weight is 347 g/mol. The van der Waals surface area contributed by atoms with Crippen molar-refractivity contribution in [1.29, 1.82) is 0 Å². The molecule has 1 aliphatic rings. The molecule has 0 radical (unpaired) electrons. The summed E-state index contributed by atoms with van der Waals surface area (Å²) < 4.78 is 8.02. The third-order valence-electron chi connectivity index (χ3n) is 4.73. The summed E-state index contributed by atoms with van der Waals surface area (Å²) in [5.74, 6) is 1.03. The van der Waals surface area contributed by atoms with Crippen molar-refractivity contribution < 1.29 is 4.74 Å². The SMILES string of the molecule is CC1(C)Cc2cc(CNCc3ccc(Cn4ccnc4)cc3)ccc2O1. The Kier molecular flexibility index (Phi) is 4.51. The van der Waals surface area contributed by atoms with Crippen LogP contribution in [0.4, 0.5) is 0 Å². The lowest BCUT2D eigenvalue weighted by Crippen LogP contribution is -2.24. The van der Waals surface area contributed by atoms with Crippen molar-refractivity contribution in [2.45, 2.75) is 45.5 Å². The highest BCUT2D eigenvalue weighted by Crippen LogP contribution is 2.35. The van der Waals surface area contributed by atoms with Crippen molar-refractivity contribution in [1.82, 2.24) is 14.9 Å². The van der Waals surface area contributed by atoms with Crippen LogP contribution >= 0.6 is 0 Å². The van der Waals surface area contributed by atoms with E-state index in [1.54, 1.807) is 0 Å². The van der Waals surface area contributed by atoms with Crippen LogP contribution in [0.5, 0.6) is 5.75 Å². The van der Waals surface area contributed by atoms with Crippen molar-refractivity contribution in [3.63, 3.8) is 0 Å². The topological polar surface area (TPSA) is 39.1 Å². The number of rotatable bonds is 6. The molecule has 0 spiro atoms. The van der Waals surface area contributed by atoms with Gasteiger partial charge >= 0.3 is 0 Å². The smallest absolute Gasteiger partial charge is 0.123 e. The van der Waals surface area contributed by atoms with Crippen LogP contribution in [0.15, 0.2) is 61.2 Å². The normalized spacial score (nSPS) is 14.8. The third-order valence-corrected chi connectivity index (χ3v) is 4.73. The maximum Gasteiger partial charge on any atom is 0.123 e. The average Bonchev–Trinajstić information content (AvgIpc) is 3.22. The summed E-state index contributed by atoms with van der Waals surface area (Å²) in [6.45, 7) is 6.87. The van der Waals surface area contributed by atoms with E-state index >= 15 is 0 Å². The van der Waals surface area contributed by atoms with Crippen LogP contribution in [-0.4, -0.2) is 15.2 Å². The lowest BCUT2D eigenvalue weighted by molar-refractivity contribution is 0.138. The summed E-state index contributed by atoms with van der Waals surface area (Å²) in [7, 11) is 0. The Morgan fingerprint density at radius 3 is 2.54 bits per heavy atom. The molecule has 2 aromatic carbocycles. The number of benzene rings is 2. The lowest BCUT2D eigenvalue weighted by atomic mass is 10.0. The minimum atomic E-state index is -0.0765. The Morgan fingerprint density at radius 1 is 1.04 bits per heavy atom. The van der Waals surface area contributed by atoms with E-state index in [0.29, 0.717) is 0 Å². The molecule has 134 valence electrons. The van der Waals surface area contributed by atoms with E-state index in [9.17, 15) is 0 Å². The van der Waals surface area contributed by atoms with E-state index in [0.717, 1.165) is 31.8 Å². The van der Waals surface area contributed by atoms with Crippen LogP contribution in [0.2, 0.25) is 0 Å². The minimum Gasteiger partial charge on any atom is -0.487 e. The molecule has 0 unspecified atom stereocenters. The zero-order valence-electron chi connectivity index (χ0n) is 15.4.